The third-order valence-corrected chi connectivity index (χ3v) is 13.4. The van der Waals surface area contributed by atoms with Crippen LogP contribution in [0.15, 0.2) is 121 Å². The molecule has 1 heteroatoms. The summed E-state index contributed by atoms with van der Waals surface area (Å²) in [7, 11) is 0. The zero-order valence-electron chi connectivity index (χ0n) is 15.0. The van der Waals surface area contributed by atoms with E-state index in [9.17, 15) is 0 Å². The van der Waals surface area contributed by atoms with Crippen LogP contribution in [0.5, 0.6) is 0 Å². The van der Waals surface area contributed by atoms with Crippen LogP contribution in [0.25, 0.3) is 0 Å². The Bertz CT molecular complexity index is 947. The number of hydrogen-bond acceptors (Lipinski definition) is 0. The number of hydrogen-bond donors (Lipinski definition) is 0. The van der Waals surface area contributed by atoms with Crippen LogP contribution in [0.2, 0.25) is 0 Å². The molecule has 0 saturated carbocycles. The molecule has 0 saturated heterocycles. The van der Waals surface area contributed by atoms with Gasteiger partial charge in [-0.2, -0.15) is 0 Å². The molecule has 4 aromatic rings. The van der Waals surface area contributed by atoms with Crippen molar-refractivity contribution in [3.8, 4) is 10.7 Å². The van der Waals surface area contributed by atoms with E-state index >= 15 is 0 Å². The van der Waals surface area contributed by atoms with E-state index in [0.717, 1.165) is 5.56 Å². The molecule has 4 rings (SSSR count). The fraction of sp³-hybridized carbons (Fsp3) is 0. The van der Waals surface area contributed by atoms with E-state index in [0.29, 0.717) is 0 Å². The molecule has 0 bridgehead atoms. The molecule has 0 aliphatic heterocycles. The molecule has 128 valence electrons. The molecule has 0 aliphatic rings. The summed E-state index contributed by atoms with van der Waals surface area (Å²) in [6.07, 6.45) is 0. The Morgan fingerprint density at radius 2 is 0.741 bits per heavy atom. The SMILES string of the molecule is C(#[C][Ge]([c]1ccccc1)([c]1ccccc1)[c]1ccccc1)c1ccccc1. The fourth-order valence-electron chi connectivity index (χ4n) is 3.47. The quantitative estimate of drug-likeness (QED) is 0.360. The Morgan fingerprint density at radius 3 is 1.11 bits per heavy atom. The summed E-state index contributed by atoms with van der Waals surface area (Å²) in [5.41, 5.74) is 1.07. The van der Waals surface area contributed by atoms with Crippen molar-refractivity contribution in [3.05, 3.63) is 127 Å². The monoisotopic (exact) mass is 406 g/mol. The summed E-state index contributed by atoms with van der Waals surface area (Å²) in [4.78, 5) is 0. The molecule has 0 heterocycles. The van der Waals surface area contributed by atoms with E-state index in [4.69, 9.17) is 0 Å². The molecule has 0 N–H and O–H groups in total. The number of rotatable bonds is 3. The summed E-state index contributed by atoms with van der Waals surface area (Å²) in [6, 6.07) is 42.8. The summed E-state index contributed by atoms with van der Waals surface area (Å²) < 4.78 is 7.91. The van der Waals surface area contributed by atoms with Crippen molar-refractivity contribution >= 4 is 26.5 Å². The van der Waals surface area contributed by atoms with E-state index in [-0.39, 0.29) is 0 Å². The molecule has 0 unspecified atom stereocenters. The topological polar surface area (TPSA) is 0 Å². The second kappa shape index (κ2) is 8.12. The van der Waals surface area contributed by atoms with Crippen LogP contribution >= 0.6 is 0 Å². The predicted molar refractivity (Wildman–Crippen MR) is 117 cm³/mol. The molecule has 0 nitrogen and oxygen atoms in total. The molecule has 0 radical (unpaired) electrons. The van der Waals surface area contributed by atoms with Crippen molar-refractivity contribution in [2.24, 2.45) is 0 Å². The summed E-state index contributed by atoms with van der Waals surface area (Å²) in [5.74, 6) is 3.51. The van der Waals surface area contributed by atoms with Gasteiger partial charge in [-0.1, -0.05) is 0 Å². The van der Waals surface area contributed by atoms with Gasteiger partial charge in [0.25, 0.3) is 0 Å². The predicted octanol–water partition coefficient (Wildman–Crippen LogP) is 3.75. The zero-order chi connectivity index (χ0) is 18.4. The second-order valence-electron chi connectivity index (χ2n) is 6.46. The van der Waals surface area contributed by atoms with Gasteiger partial charge in [0, 0.05) is 0 Å². The first-order valence-electron chi connectivity index (χ1n) is 9.14. The van der Waals surface area contributed by atoms with Crippen molar-refractivity contribution in [1.29, 1.82) is 0 Å². The molecule has 0 amide bonds. The third-order valence-electron chi connectivity index (χ3n) is 4.79. The Hall–Kier alpha value is -3.02. The average molecular weight is 405 g/mol. The van der Waals surface area contributed by atoms with Gasteiger partial charge in [-0.3, -0.25) is 0 Å². The minimum absolute atomic E-state index is 1.07. The second-order valence-corrected chi connectivity index (χ2v) is 13.8. The Kier molecular flexibility index (Phi) is 5.23. The zero-order valence-corrected chi connectivity index (χ0v) is 17.1. The maximum atomic E-state index is 3.84. The van der Waals surface area contributed by atoms with E-state index in [1.165, 1.54) is 13.2 Å². The van der Waals surface area contributed by atoms with Gasteiger partial charge in [0.15, 0.2) is 0 Å². The molecule has 0 spiro atoms. The van der Waals surface area contributed by atoms with Crippen LogP contribution in [0.3, 0.4) is 0 Å². The van der Waals surface area contributed by atoms with E-state index in [1.54, 1.807) is 0 Å². The first-order chi connectivity index (χ1) is 13.4. The molecule has 0 aliphatic carbocycles. The average Bonchev–Trinajstić information content (AvgIpc) is 2.77. The first kappa shape index (κ1) is 17.4. The number of benzene rings is 4. The minimum atomic E-state index is -3.15. The first-order valence-corrected chi connectivity index (χ1v) is 13.3. The van der Waals surface area contributed by atoms with Gasteiger partial charge in [0.05, 0.1) is 0 Å². The van der Waals surface area contributed by atoms with Crippen LogP contribution in [-0.2, 0) is 0 Å². The third kappa shape index (κ3) is 3.60. The normalized spacial score (nSPS) is 10.7. The molecule has 4 aromatic carbocycles. The van der Waals surface area contributed by atoms with Gasteiger partial charge in [-0.05, 0) is 0 Å². The van der Waals surface area contributed by atoms with Gasteiger partial charge in [0.1, 0.15) is 0 Å². The summed E-state index contributed by atoms with van der Waals surface area (Å²) in [6.45, 7) is 0. The Labute approximate surface area is 163 Å². The van der Waals surface area contributed by atoms with E-state index < -0.39 is 13.3 Å². The molecule has 0 fully saturated rings. The molecule has 0 atom stereocenters. The fourth-order valence-corrected chi connectivity index (χ4v) is 11.5. The standard InChI is InChI=1S/C26H20Ge/c1-5-13-23(14-6-1)21-22-27(24-15-7-2-8-16-24,25-17-9-3-10-18-25)26-19-11-4-12-20-26/h1-20H. The van der Waals surface area contributed by atoms with E-state index in [1.807, 2.05) is 18.2 Å². The van der Waals surface area contributed by atoms with Crippen LogP contribution < -0.4 is 13.2 Å². The maximum absolute atomic E-state index is 3.84. The Balaban J connectivity index is 2.03. The summed E-state index contributed by atoms with van der Waals surface area (Å²) in [5, 5.41) is 0. The molecular formula is C26H20Ge. The van der Waals surface area contributed by atoms with Crippen LogP contribution in [0, 0.1) is 10.7 Å². The van der Waals surface area contributed by atoms with Crippen LogP contribution in [0.4, 0.5) is 0 Å². The van der Waals surface area contributed by atoms with E-state index in [2.05, 4.69) is 114 Å². The molecule has 0 aromatic heterocycles. The van der Waals surface area contributed by atoms with Gasteiger partial charge >= 0.3 is 164 Å². The molecular weight excluding hydrogens is 385 g/mol. The molecule has 27 heavy (non-hydrogen) atoms. The van der Waals surface area contributed by atoms with Crippen molar-refractivity contribution in [2.45, 2.75) is 0 Å². The van der Waals surface area contributed by atoms with Crippen molar-refractivity contribution in [3.63, 3.8) is 0 Å². The van der Waals surface area contributed by atoms with Gasteiger partial charge in [-0.25, -0.2) is 0 Å². The van der Waals surface area contributed by atoms with Crippen molar-refractivity contribution in [1.82, 2.24) is 0 Å². The van der Waals surface area contributed by atoms with Crippen molar-refractivity contribution in [2.75, 3.05) is 0 Å². The van der Waals surface area contributed by atoms with Crippen LogP contribution in [-0.4, -0.2) is 13.3 Å². The van der Waals surface area contributed by atoms with Crippen LogP contribution in [0.1, 0.15) is 5.56 Å². The summed E-state index contributed by atoms with van der Waals surface area (Å²) >= 11 is -3.15. The van der Waals surface area contributed by atoms with Gasteiger partial charge in [-0.15, -0.1) is 0 Å². The van der Waals surface area contributed by atoms with Gasteiger partial charge in [0.2, 0.25) is 0 Å². The van der Waals surface area contributed by atoms with Gasteiger partial charge < -0.3 is 0 Å². The Morgan fingerprint density at radius 1 is 0.407 bits per heavy atom. The van der Waals surface area contributed by atoms with Crippen molar-refractivity contribution < 1.29 is 0 Å².